The van der Waals surface area contributed by atoms with E-state index in [2.05, 4.69) is 48.4 Å². The van der Waals surface area contributed by atoms with Gasteiger partial charge in [0.15, 0.2) is 0 Å². The monoisotopic (exact) mass is 329 g/mol. The standard InChI is InChI=1S/C18H23N3OS/c1-12-4-6-15(7-5-12)18-16(23-14(3)20-18)10-17(22)21-9-8-19-13(2)11-21/h4-7,13,19H,8-11H2,1-3H3/t13-/m0/s1. The third-order valence-electron chi connectivity index (χ3n) is 4.16. The summed E-state index contributed by atoms with van der Waals surface area (Å²) in [5.74, 6) is 0.204. The van der Waals surface area contributed by atoms with E-state index < -0.39 is 0 Å². The highest BCUT2D eigenvalue weighted by Crippen LogP contribution is 2.29. The van der Waals surface area contributed by atoms with Gasteiger partial charge in [-0.25, -0.2) is 4.98 Å². The van der Waals surface area contributed by atoms with Gasteiger partial charge >= 0.3 is 0 Å². The van der Waals surface area contributed by atoms with Gasteiger partial charge in [0.1, 0.15) is 0 Å². The molecule has 23 heavy (non-hydrogen) atoms. The van der Waals surface area contributed by atoms with Gasteiger partial charge in [-0.2, -0.15) is 0 Å². The van der Waals surface area contributed by atoms with Crippen LogP contribution in [-0.2, 0) is 11.2 Å². The number of hydrogen-bond donors (Lipinski definition) is 1. The number of nitrogens with zero attached hydrogens (tertiary/aromatic N) is 2. The Hall–Kier alpha value is -1.72. The predicted molar refractivity (Wildman–Crippen MR) is 94.8 cm³/mol. The van der Waals surface area contributed by atoms with Crippen molar-refractivity contribution in [2.24, 2.45) is 0 Å². The summed E-state index contributed by atoms with van der Waals surface area (Å²) in [7, 11) is 0. The highest BCUT2D eigenvalue weighted by atomic mass is 32.1. The topological polar surface area (TPSA) is 45.2 Å². The molecule has 0 unspecified atom stereocenters. The number of benzene rings is 1. The van der Waals surface area contributed by atoms with Crippen molar-refractivity contribution >= 4 is 17.2 Å². The van der Waals surface area contributed by atoms with Crippen LogP contribution in [0.5, 0.6) is 0 Å². The summed E-state index contributed by atoms with van der Waals surface area (Å²) in [5, 5.41) is 4.38. The van der Waals surface area contributed by atoms with E-state index in [0.29, 0.717) is 12.5 Å². The zero-order chi connectivity index (χ0) is 16.4. The van der Waals surface area contributed by atoms with Gasteiger partial charge in [-0.05, 0) is 20.8 Å². The second kappa shape index (κ2) is 6.81. The fourth-order valence-corrected chi connectivity index (χ4v) is 3.88. The van der Waals surface area contributed by atoms with Crippen LogP contribution in [0.3, 0.4) is 0 Å². The molecule has 1 saturated heterocycles. The average Bonchev–Trinajstić information content (AvgIpc) is 2.88. The van der Waals surface area contributed by atoms with Crippen LogP contribution in [0.25, 0.3) is 11.3 Å². The summed E-state index contributed by atoms with van der Waals surface area (Å²) in [4.78, 5) is 20.3. The van der Waals surface area contributed by atoms with Gasteiger partial charge in [-0.1, -0.05) is 29.8 Å². The van der Waals surface area contributed by atoms with E-state index in [1.165, 1.54) is 5.56 Å². The molecule has 0 spiro atoms. The van der Waals surface area contributed by atoms with Crippen LogP contribution in [0.4, 0.5) is 0 Å². The molecule has 1 aliphatic rings. The molecular weight excluding hydrogens is 306 g/mol. The number of carbonyl (C=O) groups is 1. The number of piperazine rings is 1. The largest absolute Gasteiger partial charge is 0.340 e. The fourth-order valence-electron chi connectivity index (χ4n) is 2.93. The lowest BCUT2D eigenvalue weighted by Gasteiger charge is -2.31. The van der Waals surface area contributed by atoms with Crippen LogP contribution in [0, 0.1) is 13.8 Å². The van der Waals surface area contributed by atoms with Crippen LogP contribution in [0.1, 0.15) is 22.4 Å². The molecule has 3 rings (SSSR count). The molecule has 2 aromatic rings. The Morgan fingerprint density at radius 1 is 1.35 bits per heavy atom. The van der Waals surface area contributed by atoms with Crippen LogP contribution in [-0.4, -0.2) is 41.5 Å². The minimum Gasteiger partial charge on any atom is -0.340 e. The molecule has 0 bridgehead atoms. The molecular formula is C18H23N3OS. The number of hydrogen-bond acceptors (Lipinski definition) is 4. The van der Waals surface area contributed by atoms with Crippen molar-refractivity contribution in [2.75, 3.05) is 19.6 Å². The lowest BCUT2D eigenvalue weighted by Crippen LogP contribution is -2.51. The maximum atomic E-state index is 12.6. The van der Waals surface area contributed by atoms with E-state index in [-0.39, 0.29) is 5.91 Å². The van der Waals surface area contributed by atoms with E-state index in [9.17, 15) is 4.79 Å². The molecule has 2 heterocycles. The number of thiazole rings is 1. The van der Waals surface area contributed by atoms with Gasteiger partial charge in [0.25, 0.3) is 0 Å². The number of rotatable bonds is 3. The molecule has 1 atom stereocenters. The summed E-state index contributed by atoms with van der Waals surface area (Å²) >= 11 is 1.63. The van der Waals surface area contributed by atoms with Crippen molar-refractivity contribution in [1.29, 1.82) is 0 Å². The third kappa shape index (κ3) is 3.79. The molecule has 0 saturated carbocycles. The second-order valence-electron chi connectivity index (χ2n) is 6.24. The first kappa shape index (κ1) is 16.1. The Balaban J connectivity index is 1.80. The SMILES string of the molecule is Cc1ccc(-c2nc(C)sc2CC(=O)N2CCN[C@@H](C)C2)cc1. The van der Waals surface area contributed by atoms with E-state index in [0.717, 1.165) is 40.8 Å². The molecule has 1 aromatic carbocycles. The fraction of sp³-hybridized carbons (Fsp3) is 0.444. The normalized spacial score (nSPS) is 18.2. The van der Waals surface area contributed by atoms with Crippen LogP contribution in [0.15, 0.2) is 24.3 Å². The third-order valence-corrected chi connectivity index (χ3v) is 5.13. The average molecular weight is 329 g/mol. The second-order valence-corrected chi connectivity index (χ2v) is 7.53. The first-order valence-electron chi connectivity index (χ1n) is 8.07. The van der Waals surface area contributed by atoms with Crippen molar-refractivity contribution in [3.63, 3.8) is 0 Å². The highest BCUT2D eigenvalue weighted by Gasteiger charge is 2.22. The first-order valence-corrected chi connectivity index (χ1v) is 8.89. The van der Waals surface area contributed by atoms with Crippen molar-refractivity contribution in [1.82, 2.24) is 15.2 Å². The molecule has 1 amide bonds. The van der Waals surface area contributed by atoms with Crippen LogP contribution >= 0.6 is 11.3 Å². The Morgan fingerprint density at radius 2 is 2.09 bits per heavy atom. The molecule has 1 aromatic heterocycles. The quantitative estimate of drug-likeness (QED) is 0.942. The summed E-state index contributed by atoms with van der Waals surface area (Å²) in [6.45, 7) is 8.65. The first-order chi connectivity index (χ1) is 11.0. The molecule has 1 N–H and O–H groups in total. The molecule has 0 radical (unpaired) electrons. The molecule has 0 aliphatic carbocycles. The summed E-state index contributed by atoms with van der Waals surface area (Å²) < 4.78 is 0. The van der Waals surface area contributed by atoms with Gasteiger partial charge in [-0.3, -0.25) is 4.79 Å². The lowest BCUT2D eigenvalue weighted by molar-refractivity contribution is -0.131. The molecule has 1 fully saturated rings. The summed E-state index contributed by atoms with van der Waals surface area (Å²) in [6.07, 6.45) is 0.446. The number of aryl methyl sites for hydroxylation is 2. The zero-order valence-electron chi connectivity index (χ0n) is 13.9. The maximum absolute atomic E-state index is 12.6. The van der Waals surface area contributed by atoms with Crippen molar-refractivity contribution < 1.29 is 4.79 Å². The Bertz CT molecular complexity index is 693. The molecule has 5 heteroatoms. The lowest BCUT2D eigenvalue weighted by atomic mass is 10.1. The predicted octanol–water partition coefficient (Wildman–Crippen LogP) is 2.79. The van der Waals surface area contributed by atoms with Crippen molar-refractivity contribution in [3.8, 4) is 11.3 Å². The van der Waals surface area contributed by atoms with Crippen molar-refractivity contribution in [2.45, 2.75) is 33.2 Å². The number of amides is 1. The minimum atomic E-state index is 0.204. The van der Waals surface area contributed by atoms with Gasteiger partial charge in [0, 0.05) is 36.1 Å². The number of aromatic nitrogens is 1. The molecule has 1 aliphatic heterocycles. The smallest absolute Gasteiger partial charge is 0.228 e. The maximum Gasteiger partial charge on any atom is 0.228 e. The summed E-state index contributed by atoms with van der Waals surface area (Å²) in [5.41, 5.74) is 3.29. The van der Waals surface area contributed by atoms with E-state index in [4.69, 9.17) is 0 Å². The van der Waals surface area contributed by atoms with Crippen LogP contribution < -0.4 is 5.32 Å². The highest BCUT2D eigenvalue weighted by molar-refractivity contribution is 7.12. The Kier molecular flexibility index (Phi) is 4.78. The van der Waals surface area contributed by atoms with Crippen LogP contribution in [0.2, 0.25) is 0 Å². The van der Waals surface area contributed by atoms with E-state index in [1.807, 2.05) is 11.8 Å². The van der Waals surface area contributed by atoms with E-state index in [1.54, 1.807) is 11.3 Å². The Labute approximate surface area is 141 Å². The zero-order valence-corrected chi connectivity index (χ0v) is 14.7. The van der Waals surface area contributed by atoms with Gasteiger partial charge in [0.2, 0.25) is 5.91 Å². The van der Waals surface area contributed by atoms with Gasteiger partial charge in [-0.15, -0.1) is 11.3 Å². The van der Waals surface area contributed by atoms with Crippen molar-refractivity contribution in [3.05, 3.63) is 39.7 Å². The van der Waals surface area contributed by atoms with Gasteiger partial charge in [0.05, 0.1) is 17.1 Å². The Morgan fingerprint density at radius 3 is 2.78 bits per heavy atom. The minimum absolute atomic E-state index is 0.204. The number of nitrogens with one attached hydrogen (secondary N) is 1. The van der Waals surface area contributed by atoms with Gasteiger partial charge < -0.3 is 10.2 Å². The molecule has 4 nitrogen and oxygen atoms in total. The molecule has 122 valence electrons. The summed E-state index contributed by atoms with van der Waals surface area (Å²) in [6, 6.07) is 8.73. The number of carbonyl (C=O) groups excluding carboxylic acids is 1. The van der Waals surface area contributed by atoms with E-state index >= 15 is 0 Å².